The molecular formula is C18H14N2O3S. The second-order valence-electron chi connectivity index (χ2n) is 4.98. The van der Waals surface area contributed by atoms with Crippen LogP contribution in [0.1, 0.15) is 17.3 Å². The van der Waals surface area contributed by atoms with Gasteiger partial charge in [0.05, 0.1) is 5.69 Å². The number of rotatable bonds is 4. The van der Waals surface area contributed by atoms with Gasteiger partial charge in [-0.25, -0.2) is 4.98 Å². The normalized spacial score (nSPS) is 10.2. The third-order valence-electron chi connectivity index (χ3n) is 3.15. The largest absolute Gasteiger partial charge is 0.427 e. The summed E-state index contributed by atoms with van der Waals surface area (Å²) in [4.78, 5) is 27.7. The van der Waals surface area contributed by atoms with Crippen LogP contribution >= 0.6 is 11.3 Å². The van der Waals surface area contributed by atoms with Gasteiger partial charge in [-0.15, -0.1) is 11.3 Å². The van der Waals surface area contributed by atoms with E-state index in [1.165, 1.54) is 24.3 Å². The number of hydrogen-bond donors (Lipinski definition) is 1. The number of nitrogens with one attached hydrogen (secondary N) is 1. The fourth-order valence-corrected chi connectivity index (χ4v) is 2.82. The zero-order valence-electron chi connectivity index (χ0n) is 12.9. The molecule has 1 aromatic heterocycles. The van der Waals surface area contributed by atoms with E-state index in [0.29, 0.717) is 16.4 Å². The topological polar surface area (TPSA) is 68.3 Å². The van der Waals surface area contributed by atoms with Crippen LogP contribution in [0.2, 0.25) is 0 Å². The Balaban J connectivity index is 1.73. The van der Waals surface area contributed by atoms with Gasteiger partial charge in [0.15, 0.2) is 5.13 Å². The zero-order chi connectivity index (χ0) is 16.9. The van der Waals surface area contributed by atoms with Gasteiger partial charge in [-0.05, 0) is 18.2 Å². The molecular weight excluding hydrogens is 324 g/mol. The summed E-state index contributed by atoms with van der Waals surface area (Å²) in [6.07, 6.45) is 0. The highest BCUT2D eigenvalue weighted by Gasteiger charge is 2.11. The number of ether oxygens (including phenoxy) is 1. The van der Waals surface area contributed by atoms with E-state index in [1.807, 2.05) is 35.7 Å². The molecule has 0 bridgehead atoms. The van der Waals surface area contributed by atoms with Gasteiger partial charge in [-0.2, -0.15) is 0 Å². The van der Waals surface area contributed by atoms with Gasteiger partial charge < -0.3 is 4.74 Å². The molecule has 1 N–H and O–H groups in total. The molecule has 24 heavy (non-hydrogen) atoms. The van der Waals surface area contributed by atoms with E-state index in [2.05, 4.69) is 10.3 Å². The molecule has 0 atom stereocenters. The molecule has 6 heteroatoms. The molecule has 0 aliphatic rings. The molecule has 0 aliphatic heterocycles. The van der Waals surface area contributed by atoms with Crippen molar-refractivity contribution in [2.75, 3.05) is 5.32 Å². The Labute approximate surface area is 142 Å². The maximum atomic E-state index is 12.3. The van der Waals surface area contributed by atoms with Crippen LogP contribution in [0.3, 0.4) is 0 Å². The molecule has 0 aliphatic carbocycles. The number of thiazole rings is 1. The Morgan fingerprint density at radius 1 is 1.08 bits per heavy atom. The van der Waals surface area contributed by atoms with Gasteiger partial charge in [0.1, 0.15) is 5.75 Å². The molecule has 3 rings (SSSR count). The second-order valence-corrected chi connectivity index (χ2v) is 5.84. The second kappa shape index (κ2) is 7.06. The van der Waals surface area contributed by atoms with Gasteiger partial charge >= 0.3 is 5.97 Å². The highest BCUT2D eigenvalue weighted by Crippen LogP contribution is 2.25. The molecule has 0 spiro atoms. The smallest absolute Gasteiger partial charge is 0.308 e. The van der Waals surface area contributed by atoms with Crippen molar-refractivity contribution < 1.29 is 14.3 Å². The van der Waals surface area contributed by atoms with Gasteiger partial charge in [0, 0.05) is 23.4 Å². The van der Waals surface area contributed by atoms with Gasteiger partial charge in [-0.1, -0.05) is 36.4 Å². The standard InChI is InChI=1S/C18H14N2O3S/c1-12(21)23-15-9-5-8-14(10-15)17(22)20-18-19-16(11-24-18)13-6-3-2-4-7-13/h2-11H,1H3,(H,19,20,22). The molecule has 5 nitrogen and oxygen atoms in total. The summed E-state index contributed by atoms with van der Waals surface area (Å²) in [5.74, 6) is -0.405. The highest BCUT2D eigenvalue weighted by molar-refractivity contribution is 7.14. The summed E-state index contributed by atoms with van der Waals surface area (Å²) in [6.45, 7) is 1.31. The van der Waals surface area contributed by atoms with Crippen molar-refractivity contribution in [1.82, 2.24) is 4.98 Å². The summed E-state index contributed by atoms with van der Waals surface area (Å²) in [6, 6.07) is 16.2. The number of esters is 1. The fourth-order valence-electron chi connectivity index (χ4n) is 2.11. The number of hydrogen-bond acceptors (Lipinski definition) is 5. The molecule has 1 amide bonds. The molecule has 2 aromatic carbocycles. The van der Waals surface area contributed by atoms with E-state index in [4.69, 9.17) is 4.74 Å². The van der Waals surface area contributed by atoms with Crippen molar-refractivity contribution >= 4 is 28.3 Å². The molecule has 120 valence electrons. The van der Waals surface area contributed by atoms with E-state index < -0.39 is 5.97 Å². The quantitative estimate of drug-likeness (QED) is 0.577. The van der Waals surface area contributed by atoms with E-state index in [-0.39, 0.29) is 5.91 Å². The van der Waals surface area contributed by atoms with Crippen molar-refractivity contribution in [3.05, 3.63) is 65.5 Å². The third-order valence-corrected chi connectivity index (χ3v) is 3.91. The monoisotopic (exact) mass is 338 g/mol. The number of aromatic nitrogens is 1. The average molecular weight is 338 g/mol. The van der Waals surface area contributed by atoms with Gasteiger partial charge in [-0.3, -0.25) is 14.9 Å². The minimum Gasteiger partial charge on any atom is -0.427 e. The Hall–Kier alpha value is -2.99. The molecule has 1 heterocycles. The number of carbonyl (C=O) groups excluding carboxylic acids is 2. The average Bonchev–Trinajstić information content (AvgIpc) is 3.04. The lowest BCUT2D eigenvalue weighted by Crippen LogP contribution is -2.12. The molecule has 0 saturated heterocycles. The molecule has 0 unspecified atom stereocenters. The highest BCUT2D eigenvalue weighted by atomic mass is 32.1. The summed E-state index contributed by atoms with van der Waals surface area (Å²) in [5, 5.41) is 5.16. The van der Waals surface area contributed by atoms with E-state index in [1.54, 1.807) is 18.2 Å². The first kappa shape index (κ1) is 15.9. The number of nitrogens with zero attached hydrogens (tertiary/aromatic N) is 1. The molecule has 0 saturated carbocycles. The van der Waals surface area contributed by atoms with Crippen LogP contribution in [-0.4, -0.2) is 16.9 Å². The van der Waals surface area contributed by atoms with Crippen molar-refractivity contribution in [2.24, 2.45) is 0 Å². The fraction of sp³-hybridized carbons (Fsp3) is 0.0556. The van der Waals surface area contributed by atoms with Crippen molar-refractivity contribution in [1.29, 1.82) is 0 Å². The lowest BCUT2D eigenvalue weighted by Gasteiger charge is -2.05. The number of benzene rings is 2. The Bertz CT molecular complexity index is 875. The first-order valence-electron chi connectivity index (χ1n) is 7.22. The maximum Gasteiger partial charge on any atom is 0.308 e. The lowest BCUT2D eigenvalue weighted by atomic mass is 10.2. The van der Waals surface area contributed by atoms with Crippen LogP contribution in [0.25, 0.3) is 11.3 Å². The zero-order valence-corrected chi connectivity index (χ0v) is 13.7. The molecule has 3 aromatic rings. The summed E-state index contributed by atoms with van der Waals surface area (Å²) in [7, 11) is 0. The number of amides is 1. The summed E-state index contributed by atoms with van der Waals surface area (Å²) >= 11 is 1.35. The van der Waals surface area contributed by atoms with Crippen LogP contribution in [0.4, 0.5) is 5.13 Å². The Kier molecular flexibility index (Phi) is 4.67. The SMILES string of the molecule is CC(=O)Oc1cccc(C(=O)Nc2nc(-c3ccccc3)cs2)c1. The van der Waals surface area contributed by atoms with Gasteiger partial charge in [0.25, 0.3) is 5.91 Å². The minimum atomic E-state index is -0.431. The van der Waals surface area contributed by atoms with Gasteiger partial charge in [0.2, 0.25) is 0 Å². The van der Waals surface area contributed by atoms with Crippen LogP contribution in [0.15, 0.2) is 60.0 Å². The van der Waals surface area contributed by atoms with Crippen LogP contribution in [-0.2, 0) is 4.79 Å². The number of anilines is 1. The van der Waals surface area contributed by atoms with Crippen LogP contribution in [0, 0.1) is 0 Å². The van der Waals surface area contributed by atoms with E-state index >= 15 is 0 Å². The predicted octanol–water partition coefficient (Wildman–Crippen LogP) is 3.99. The van der Waals surface area contributed by atoms with E-state index in [9.17, 15) is 9.59 Å². The third kappa shape index (κ3) is 3.85. The van der Waals surface area contributed by atoms with Crippen molar-refractivity contribution in [2.45, 2.75) is 6.92 Å². The predicted molar refractivity (Wildman–Crippen MR) is 93.3 cm³/mol. The van der Waals surface area contributed by atoms with E-state index in [0.717, 1.165) is 11.3 Å². The lowest BCUT2D eigenvalue weighted by molar-refractivity contribution is -0.131. The first-order chi connectivity index (χ1) is 11.6. The Morgan fingerprint density at radius 2 is 1.88 bits per heavy atom. The number of carbonyl (C=O) groups is 2. The Morgan fingerprint density at radius 3 is 2.62 bits per heavy atom. The summed E-state index contributed by atoms with van der Waals surface area (Å²) in [5.41, 5.74) is 2.20. The van der Waals surface area contributed by atoms with Crippen LogP contribution in [0.5, 0.6) is 5.75 Å². The molecule has 0 radical (unpaired) electrons. The first-order valence-corrected chi connectivity index (χ1v) is 8.10. The summed E-state index contributed by atoms with van der Waals surface area (Å²) < 4.78 is 4.99. The minimum absolute atomic E-state index is 0.307. The van der Waals surface area contributed by atoms with Crippen LogP contribution < -0.4 is 10.1 Å². The van der Waals surface area contributed by atoms with Crippen molar-refractivity contribution in [3.8, 4) is 17.0 Å². The van der Waals surface area contributed by atoms with Crippen molar-refractivity contribution in [3.63, 3.8) is 0 Å². The molecule has 0 fully saturated rings. The maximum absolute atomic E-state index is 12.3.